The number of primary amides is 1. The second kappa shape index (κ2) is 17.9. The van der Waals surface area contributed by atoms with Crippen LogP contribution in [0.1, 0.15) is 96.8 Å². The van der Waals surface area contributed by atoms with Crippen LogP contribution in [0, 0.1) is 12.7 Å². The standard InChI is InChI=1S/C44H50ClFN8O7/c1-24-3-4-28(17-27(24)18-37(25(2)55)60-23-38(47)56)49-41-35(45)21-48-44(51-41)53-15-11-30(12-16-53)61-31-19-29(20-31)52-13-9-26(10-14-52)32-5-6-33-34(40(32)46)22-54(43(33)59)36-7-8-39(57)50-42(36)58/h3-6,17-18,21,26,29-31,36H,7-16,19-20,22-23H2,1-2H3,(H2,47,56)(H,48,49,51)(H,50,57,58)/b37-18+/t29-,31-,36-/m1/s1. The van der Waals surface area contributed by atoms with E-state index in [9.17, 15) is 24.0 Å². The monoisotopic (exact) mass is 856 g/mol. The van der Waals surface area contributed by atoms with E-state index in [1.807, 2.05) is 25.1 Å². The lowest BCUT2D eigenvalue weighted by molar-refractivity contribution is -0.137. The van der Waals surface area contributed by atoms with Gasteiger partial charge >= 0.3 is 0 Å². The molecular formula is C44H50ClFN8O7. The van der Waals surface area contributed by atoms with Crippen LogP contribution in [0.25, 0.3) is 6.08 Å². The number of imide groups is 1. The third kappa shape index (κ3) is 9.26. The number of allylic oxidation sites excluding steroid dienone is 1. The van der Waals surface area contributed by atoms with Gasteiger partial charge in [0.1, 0.15) is 16.9 Å². The molecule has 2 aromatic carbocycles. The van der Waals surface area contributed by atoms with Crippen LogP contribution in [-0.4, -0.2) is 106 Å². The first-order valence-corrected chi connectivity index (χ1v) is 21.3. The third-order valence-corrected chi connectivity index (χ3v) is 12.9. The molecule has 1 atom stereocenters. The van der Waals surface area contributed by atoms with Gasteiger partial charge in [-0.05, 0) is 112 Å². The Hall–Kier alpha value is -5.45. The average molecular weight is 857 g/mol. The number of nitrogens with two attached hydrogens (primary N) is 1. The van der Waals surface area contributed by atoms with Crippen LogP contribution in [0.4, 0.5) is 21.8 Å². The molecule has 61 heavy (non-hydrogen) atoms. The molecule has 0 radical (unpaired) electrons. The minimum absolute atomic E-state index is 0.0269. The lowest BCUT2D eigenvalue weighted by atomic mass is 9.83. The normalized spacial score (nSPS) is 22.8. The minimum Gasteiger partial charge on any atom is -0.480 e. The molecule has 0 bridgehead atoms. The Morgan fingerprint density at radius 1 is 1.03 bits per heavy atom. The number of ether oxygens (including phenoxy) is 2. The van der Waals surface area contributed by atoms with Crippen LogP contribution in [0.5, 0.6) is 0 Å². The number of rotatable bonds is 13. The van der Waals surface area contributed by atoms with Gasteiger partial charge in [-0.25, -0.2) is 9.37 Å². The van der Waals surface area contributed by atoms with Gasteiger partial charge in [-0.2, -0.15) is 4.98 Å². The number of nitrogens with zero attached hydrogens (tertiary/aromatic N) is 5. The van der Waals surface area contributed by atoms with Gasteiger partial charge in [0.05, 0.1) is 24.9 Å². The summed E-state index contributed by atoms with van der Waals surface area (Å²) in [5.74, 6) is -1.49. The van der Waals surface area contributed by atoms with E-state index in [4.69, 9.17) is 31.8 Å². The fourth-order valence-electron chi connectivity index (χ4n) is 9.07. The summed E-state index contributed by atoms with van der Waals surface area (Å²) < 4.78 is 27.9. The zero-order chi connectivity index (χ0) is 42.9. The number of hydrogen-bond acceptors (Lipinski definition) is 12. The van der Waals surface area contributed by atoms with Gasteiger partial charge in [-0.15, -0.1) is 0 Å². The summed E-state index contributed by atoms with van der Waals surface area (Å²) in [6.45, 7) is 6.09. The van der Waals surface area contributed by atoms with Crippen molar-refractivity contribution in [3.05, 3.63) is 80.9 Å². The highest BCUT2D eigenvalue weighted by Crippen LogP contribution is 2.39. The number of nitrogens with one attached hydrogen (secondary N) is 2. The van der Waals surface area contributed by atoms with Crippen molar-refractivity contribution in [1.82, 2.24) is 25.1 Å². The van der Waals surface area contributed by atoms with Crippen molar-refractivity contribution in [2.75, 3.05) is 43.0 Å². The summed E-state index contributed by atoms with van der Waals surface area (Å²) in [4.78, 5) is 75.9. The van der Waals surface area contributed by atoms with E-state index in [2.05, 4.69) is 25.4 Å². The summed E-state index contributed by atoms with van der Waals surface area (Å²) in [7, 11) is 0. The molecule has 1 aromatic heterocycles. The van der Waals surface area contributed by atoms with Gasteiger partial charge < -0.3 is 35.2 Å². The van der Waals surface area contributed by atoms with Crippen molar-refractivity contribution in [3.8, 4) is 0 Å². The number of Topliss-reactive ketones (excluding diaryl/α,β-unsaturated/α-hetero) is 1. The van der Waals surface area contributed by atoms with Crippen molar-refractivity contribution in [1.29, 1.82) is 0 Å². The molecule has 0 spiro atoms. The Labute approximate surface area is 358 Å². The number of amides is 4. The number of carbonyl (C=O) groups excluding carboxylic acids is 5. The topological polar surface area (TPSA) is 189 Å². The van der Waals surface area contributed by atoms with Crippen molar-refractivity contribution in [3.63, 3.8) is 0 Å². The molecule has 322 valence electrons. The third-order valence-electron chi connectivity index (χ3n) is 12.6. The molecule has 8 rings (SSSR count). The van der Waals surface area contributed by atoms with E-state index in [0.717, 1.165) is 70.3 Å². The summed E-state index contributed by atoms with van der Waals surface area (Å²) >= 11 is 6.53. The Bertz CT molecular complexity index is 2270. The molecule has 15 nitrogen and oxygen atoms in total. The predicted molar refractivity (Wildman–Crippen MR) is 224 cm³/mol. The molecule has 3 saturated heterocycles. The van der Waals surface area contributed by atoms with Crippen LogP contribution >= 0.6 is 11.6 Å². The molecule has 5 heterocycles. The number of piperidine rings is 3. The molecular weight excluding hydrogens is 807 g/mol. The predicted octanol–water partition coefficient (Wildman–Crippen LogP) is 4.91. The Morgan fingerprint density at radius 2 is 1.79 bits per heavy atom. The van der Waals surface area contributed by atoms with Crippen LogP contribution in [0.15, 0.2) is 42.3 Å². The smallest absolute Gasteiger partial charge is 0.255 e. The van der Waals surface area contributed by atoms with Crippen LogP contribution < -0.4 is 21.3 Å². The molecule has 5 aliphatic rings. The SMILES string of the molecule is CC(=O)/C(=C\c1cc(Nc2nc(N3CCC(O[C@H]4C[C@H](N5CCC(c6ccc7c(c6F)CN([C@@H]6CCC(=O)NC6=O)C7=O)CC5)C4)CC3)ncc2Cl)ccc1C)OCC(N)=O. The molecule has 4 fully saturated rings. The summed E-state index contributed by atoms with van der Waals surface area (Å²) in [6.07, 6.45) is 9.18. The molecule has 4 amide bonds. The fourth-order valence-corrected chi connectivity index (χ4v) is 9.21. The minimum atomic E-state index is -0.769. The van der Waals surface area contributed by atoms with Gasteiger partial charge in [0.25, 0.3) is 11.8 Å². The number of likely N-dealkylation sites (tertiary alicyclic amines) is 1. The number of benzene rings is 2. The van der Waals surface area contributed by atoms with Gasteiger partial charge in [-0.1, -0.05) is 23.7 Å². The van der Waals surface area contributed by atoms with Gasteiger partial charge in [-0.3, -0.25) is 29.3 Å². The van der Waals surface area contributed by atoms with Gasteiger partial charge in [0, 0.05) is 49.3 Å². The number of aromatic nitrogens is 2. The Kier molecular flexibility index (Phi) is 12.4. The Balaban J connectivity index is 0.790. The highest BCUT2D eigenvalue weighted by molar-refractivity contribution is 6.32. The first-order valence-electron chi connectivity index (χ1n) is 21.0. The van der Waals surface area contributed by atoms with Gasteiger partial charge in [0.2, 0.25) is 17.8 Å². The van der Waals surface area contributed by atoms with Gasteiger partial charge in [0.15, 0.2) is 24.0 Å². The molecule has 4 aliphatic heterocycles. The summed E-state index contributed by atoms with van der Waals surface area (Å²) in [5, 5.41) is 5.93. The zero-order valence-corrected chi connectivity index (χ0v) is 35.0. The maximum atomic E-state index is 16.0. The average Bonchev–Trinajstić information content (AvgIpc) is 3.56. The molecule has 1 saturated carbocycles. The Morgan fingerprint density at radius 3 is 2.49 bits per heavy atom. The maximum Gasteiger partial charge on any atom is 0.255 e. The van der Waals surface area contributed by atoms with Crippen LogP contribution in [-0.2, 0) is 35.2 Å². The second-order valence-corrected chi connectivity index (χ2v) is 17.1. The van der Waals surface area contributed by atoms with E-state index in [-0.39, 0.29) is 66.7 Å². The number of carbonyl (C=O) groups is 5. The van der Waals surface area contributed by atoms with Crippen molar-refractivity contribution < 1.29 is 37.8 Å². The van der Waals surface area contributed by atoms with Crippen molar-refractivity contribution in [2.24, 2.45) is 5.73 Å². The number of aryl methyl sites for hydroxylation is 1. The number of fused-ring (bicyclic) bond motifs is 1. The molecule has 17 heteroatoms. The zero-order valence-electron chi connectivity index (χ0n) is 34.3. The maximum absolute atomic E-state index is 16.0. The van der Waals surface area contributed by atoms with E-state index in [1.54, 1.807) is 24.4 Å². The van der Waals surface area contributed by atoms with E-state index >= 15 is 4.39 Å². The molecule has 3 aromatic rings. The molecule has 0 unspecified atom stereocenters. The largest absolute Gasteiger partial charge is 0.480 e. The highest BCUT2D eigenvalue weighted by atomic mass is 35.5. The number of ketones is 1. The number of anilines is 3. The van der Waals surface area contributed by atoms with Crippen LogP contribution in [0.3, 0.4) is 0 Å². The van der Waals surface area contributed by atoms with Crippen LogP contribution in [0.2, 0.25) is 5.02 Å². The van der Waals surface area contributed by atoms with E-state index in [1.165, 1.54) is 11.8 Å². The summed E-state index contributed by atoms with van der Waals surface area (Å²) in [6, 6.07) is 8.72. The second-order valence-electron chi connectivity index (χ2n) is 16.7. The van der Waals surface area contributed by atoms with E-state index in [0.29, 0.717) is 50.8 Å². The number of halogens is 2. The van der Waals surface area contributed by atoms with Crippen molar-refractivity contribution >= 4 is 64.5 Å². The quantitative estimate of drug-likeness (QED) is 0.120. The lowest BCUT2D eigenvalue weighted by Crippen LogP contribution is -2.52. The lowest BCUT2D eigenvalue weighted by Gasteiger charge is -2.47. The van der Waals surface area contributed by atoms with E-state index < -0.39 is 24.5 Å². The van der Waals surface area contributed by atoms with Crippen molar-refractivity contribution in [2.45, 2.75) is 102 Å². The molecule has 4 N–H and O–H groups in total. The molecule has 1 aliphatic carbocycles. The summed E-state index contributed by atoms with van der Waals surface area (Å²) in [5.41, 5.74) is 8.77. The highest BCUT2D eigenvalue weighted by Gasteiger charge is 2.42. The first kappa shape index (κ1) is 42.2. The first-order chi connectivity index (χ1) is 29.3. The number of hydrogen-bond donors (Lipinski definition) is 3. The fraction of sp³-hybridized carbons (Fsp3) is 0.477.